The summed E-state index contributed by atoms with van der Waals surface area (Å²) in [7, 11) is 0. The Morgan fingerprint density at radius 2 is 1.78 bits per heavy atom. The summed E-state index contributed by atoms with van der Waals surface area (Å²) in [6.07, 6.45) is 8.57. The zero-order chi connectivity index (χ0) is 39.0. The highest BCUT2D eigenvalue weighted by Gasteiger charge is 2.76. The van der Waals surface area contributed by atoms with Crippen LogP contribution in [-0.2, 0) is 25.5 Å². The van der Waals surface area contributed by atoms with E-state index in [1.165, 1.54) is 16.9 Å². The van der Waals surface area contributed by atoms with E-state index in [0.29, 0.717) is 75.0 Å². The van der Waals surface area contributed by atoms with Crippen molar-refractivity contribution in [1.82, 2.24) is 4.90 Å². The van der Waals surface area contributed by atoms with Gasteiger partial charge in [0.15, 0.2) is 5.60 Å². The zero-order valence-electron chi connectivity index (χ0n) is 33.1. The van der Waals surface area contributed by atoms with Gasteiger partial charge in [-0.15, -0.1) is 11.3 Å². The molecule has 4 fully saturated rings. The van der Waals surface area contributed by atoms with Crippen molar-refractivity contribution < 1.29 is 34.1 Å². The fourth-order valence-corrected chi connectivity index (χ4v) is 12.0. The number of aliphatic hydroxyl groups excluding tert-OH is 1. The van der Waals surface area contributed by atoms with Crippen molar-refractivity contribution in [3.8, 4) is 0 Å². The van der Waals surface area contributed by atoms with Crippen molar-refractivity contribution in [2.24, 2.45) is 16.2 Å². The molecule has 7 unspecified atom stereocenters. The molecule has 6 aliphatic rings. The Morgan fingerprint density at radius 1 is 0.982 bits per heavy atom. The lowest BCUT2D eigenvalue weighted by Crippen LogP contribution is -2.61. The number of hydrogen-bond acceptors (Lipinski definition) is 8. The molecule has 2 N–H and O–H groups in total. The number of aliphatic hydroxyl groups is 2. The molecule has 2 aliphatic heterocycles. The molecule has 0 spiro atoms. The summed E-state index contributed by atoms with van der Waals surface area (Å²) < 4.78 is 13.3. The third-order valence-electron chi connectivity index (χ3n) is 15.2. The molecule has 7 atom stereocenters. The largest absolute Gasteiger partial charge is 0.448 e. The van der Waals surface area contributed by atoms with Crippen LogP contribution in [0.2, 0.25) is 0 Å². The van der Waals surface area contributed by atoms with Gasteiger partial charge in [0.05, 0.1) is 34.6 Å². The van der Waals surface area contributed by atoms with E-state index in [0.717, 1.165) is 40.5 Å². The Labute approximate surface area is 329 Å². The maximum absolute atomic E-state index is 15.1. The molecule has 55 heavy (non-hydrogen) atoms. The number of carbonyl (C=O) groups excluding carboxylic acids is 3. The van der Waals surface area contributed by atoms with Crippen LogP contribution in [0.3, 0.4) is 0 Å². The van der Waals surface area contributed by atoms with Gasteiger partial charge in [-0.1, -0.05) is 62.8 Å². The smallest absolute Gasteiger partial charge is 0.313 e. The number of benzene rings is 2. The number of ether oxygens (including phenoxy) is 2. The van der Waals surface area contributed by atoms with Crippen LogP contribution in [0.1, 0.15) is 131 Å². The van der Waals surface area contributed by atoms with E-state index in [4.69, 9.17) is 9.47 Å². The van der Waals surface area contributed by atoms with E-state index in [1.807, 2.05) is 63.2 Å². The number of nitrogens with zero attached hydrogens (tertiary/aromatic N) is 1. The molecular weight excluding hydrogens is 711 g/mol. The quantitative estimate of drug-likeness (QED) is 0.141. The molecule has 4 aliphatic carbocycles. The van der Waals surface area contributed by atoms with Crippen LogP contribution in [-0.4, -0.2) is 75.9 Å². The monoisotopic (exact) mass is 767 g/mol. The summed E-state index contributed by atoms with van der Waals surface area (Å²) in [4.78, 5) is 45.6. The number of fused-ring (bicyclic) bond motifs is 11. The molecule has 2 saturated carbocycles. The van der Waals surface area contributed by atoms with E-state index in [2.05, 4.69) is 26.0 Å². The number of esters is 1. The van der Waals surface area contributed by atoms with Gasteiger partial charge in [-0.05, 0) is 125 Å². The van der Waals surface area contributed by atoms with Crippen molar-refractivity contribution >= 4 is 39.1 Å². The third-order valence-corrected chi connectivity index (χ3v) is 16.3. The van der Waals surface area contributed by atoms with Gasteiger partial charge >= 0.3 is 5.97 Å². The lowest BCUT2D eigenvalue weighted by Gasteiger charge is -2.48. The minimum atomic E-state index is -1.32. The van der Waals surface area contributed by atoms with Crippen molar-refractivity contribution in [2.45, 2.75) is 135 Å². The molecule has 3 aromatic rings. The van der Waals surface area contributed by atoms with Crippen LogP contribution in [0.5, 0.6) is 0 Å². The summed E-state index contributed by atoms with van der Waals surface area (Å²) in [6.45, 7) is 11.2. The minimum absolute atomic E-state index is 0.0444. The first-order valence-electron chi connectivity index (χ1n) is 20.5. The van der Waals surface area contributed by atoms with Gasteiger partial charge in [-0.25, -0.2) is 0 Å². The van der Waals surface area contributed by atoms with E-state index in [9.17, 15) is 19.8 Å². The molecule has 294 valence electrons. The Kier molecular flexibility index (Phi) is 9.75. The topological polar surface area (TPSA) is 113 Å². The fourth-order valence-electron chi connectivity index (χ4n) is 11.0. The summed E-state index contributed by atoms with van der Waals surface area (Å²) in [5.41, 5.74) is -1.19. The Hall–Kier alpha value is -3.37. The standard InChI is InChI=1S/C46H57NO7S/c1-29-10-8-19-43(4)36(34-17-15-30(24-32(48)16-14-29)25-35(34)39(49)38-26-31-11-6-7-13-37(31)55-38)18-20-45(43,52)28-47(27-33-12-9-23-53-33)40(50)46-22-21-44(5,41(51)54-46)42(46,2)3/h6-7,10-11,13,15,17,25-26,32-33,36,48,52H,8-9,12,14,16,18-24,27-28H2,1-5H3. The third kappa shape index (κ3) is 6.14. The number of thiophene rings is 1. The number of rotatable bonds is 7. The van der Waals surface area contributed by atoms with E-state index in [1.54, 1.807) is 4.90 Å². The number of amides is 1. The van der Waals surface area contributed by atoms with Crippen molar-refractivity contribution in [1.29, 1.82) is 0 Å². The second-order valence-electron chi connectivity index (χ2n) is 18.4. The van der Waals surface area contributed by atoms with Gasteiger partial charge in [-0.3, -0.25) is 14.4 Å². The summed E-state index contributed by atoms with van der Waals surface area (Å²) in [5.74, 6) is -0.782. The van der Waals surface area contributed by atoms with Gasteiger partial charge in [0.2, 0.25) is 5.78 Å². The average molecular weight is 768 g/mol. The number of carbonyl (C=O) groups is 3. The van der Waals surface area contributed by atoms with Crippen LogP contribution in [0.4, 0.5) is 0 Å². The van der Waals surface area contributed by atoms with Crippen LogP contribution >= 0.6 is 11.3 Å². The number of hydrogen-bond donors (Lipinski definition) is 2. The molecule has 1 amide bonds. The second-order valence-corrected chi connectivity index (χ2v) is 19.5. The lowest BCUT2D eigenvalue weighted by atomic mass is 9.64. The van der Waals surface area contributed by atoms with Crippen LogP contribution in [0.15, 0.2) is 60.2 Å². The number of allylic oxidation sites excluding steroid dienone is 2. The molecule has 4 bridgehead atoms. The highest BCUT2D eigenvalue weighted by atomic mass is 32.1. The summed E-state index contributed by atoms with van der Waals surface area (Å²) >= 11 is 1.49. The number of ketones is 1. The van der Waals surface area contributed by atoms with Gasteiger partial charge in [0, 0.05) is 34.2 Å². The Balaban J connectivity index is 1.21. The molecular formula is C46H57NO7S. The predicted octanol–water partition coefficient (Wildman–Crippen LogP) is 8.30. The molecule has 0 radical (unpaired) electrons. The summed E-state index contributed by atoms with van der Waals surface area (Å²) in [5, 5.41) is 25.4. The van der Waals surface area contributed by atoms with Gasteiger partial charge in [0.1, 0.15) is 0 Å². The minimum Gasteiger partial charge on any atom is -0.448 e. The fraction of sp³-hybridized carbons (Fsp3) is 0.587. The highest BCUT2D eigenvalue weighted by Crippen LogP contribution is 2.66. The van der Waals surface area contributed by atoms with E-state index < -0.39 is 33.6 Å². The van der Waals surface area contributed by atoms with E-state index in [-0.39, 0.29) is 36.2 Å². The summed E-state index contributed by atoms with van der Waals surface area (Å²) in [6, 6.07) is 16.1. The van der Waals surface area contributed by atoms with Crippen LogP contribution < -0.4 is 0 Å². The Bertz CT molecular complexity index is 2010. The molecule has 3 heterocycles. The van der Waals surface area contributed by atoms with Gasteiger partial charge in [0.25, 0.3) is 5.91 Å². The zero-order valence-corrected chi connectivity index (χ0v) is 33.9. The molecule has 2 saturated heterocycles. The first kappa shape index (κ1) is 38.5. The van der Waals surface area contributed by atoms with Crippen molar-refractivity contribution in [2.75, 3.05) is 19.7 Å². The first-order valence-corrected chi connectivity index (χ1v) is 21.3. The average Bonchev–Trinajstić information content (AvgIpc) is 3.94. The maximum Gasteiger partial charge on any atom is 0.313 e. The molecule has 9 heteroatoms. The van der Waals surface area contributed by atoms with Crippen molar-refractivity contribution in [3.05, 3.63) is 81.7 Å². The SMILES string of the molecule is CC1=CCCC2(C)C(CCC2(O)CN(CC2CCCO2)C(=O)C23CCC(C)(C(=O)O2)C3(C)C)c2ccc(cc2C(=O)c2cc3ccccc3s2)CC(O)CC1. The highest BCUT2D eigenvalue weighted by molar-refractivity contribution is 7.21. The lowest BCUT2D eigenvalue weighted by molar-refractivity contribution is -0.178. The van der Waals surface area contributed by atoms with Gasteiger partial charge in [-0.2, -0.15) is 0 Å². The van der Waals surface area contributed by atoms with Crippen molar-refractivity contribution in [3.63, 3.8) is 0 Å². The normalized spacial score (nSPS) is 34.3. The van der Waals surface area contributed by atoms with E-state index >= 15 is 4.79 Å². The van der Waals surface area contributed by atoms with Gasteiger partial charge < -0.3 is 24.6 Å². The van der Waals surface area contributed by atoms with Crippen LogP contribution in [0.25, 0.3) is 10.1 Å². The predicted molar refractivity (Wildman–Crippen MR) is 214 cm³/mol. The van der Waals surface area contributed by atoms with Crippen LogP contribution in [0, 0.1) is 16.2 Å². The molecule has 8 nitrogen and oxygen atoms in total. The maximum atomic E-state index is 15.1. The molecule has 2 aromatic carbocycles. The molecule has 1 aromatic heterocycles. The molecule has 9 rings (SSSR count). The first-order chi connectivity index (χ1) is 26.1. The second kappa shape index (κ2) is 13.9. The Morgan fingerprint density at radius 3 is 2.49 bits per heavy atom.